The molecule has 128 valence electrons. The number of benzene rings is 1. The van der Waals surface area contributed by atoms with E-state index in [1.807, 2.05) is 11.8 Å². The van der Waals surface area contributed by atoms with Gasteiger partial charge < -0.3 is 9.80 Å². The lowest BCUT2D eigenvalue weighted by Crippen LogP contribution is -2.50. The second-order valence-electron chi connectivity index (χ2n) is 5.74. The van der Waals surface area contributed by atoms with Crippen LogP contribution < -0.4 is 0 Å². The van der Waals surface area contributed by atoms with Crippen LogP contribution in [0.5, 0.6) is 0 Å². The summed E-state index contributed by atoms with van der Waals surface area (Å²) in [6, 6.07) is 6.86. The minimum absolute atomic E-state index is 0.0778. The van der Waals surface area contributed by atoms with Gasteiger partial charge in [0.1, 0.15) is 0 Å². The van der Waals surface area contributed by atoms with Crippen molar-refractivity contribution in [2.45, 2.75) is 28.9 Å². The molecular weight excluding hydrogens is 332 g/mol. The molecule has 1 aromatic rings. The summed E-state index contributed by atoms with van der Waals surface area (Å²) >= 11 is 1.32. The molecule has 1 unspecified atom stereocenters. The van der Waals surface area contributed by atoms with Gasteiger partial charge in [0.05, 0.1) is 10.1 Å². The van der Waals surface area contributed by atoms with Crippen molar-refractivity contribution >= 4 is 27.5 Å². The van der Waals surface area contributed by atoms with E-state index in [2.05, 4.69) is 11.8 Å². The first-order valence-electron chi connectivity index (χ1n) is 7.79. The molecule has 0 N–H and O–H groups in total. The quantitative estimate of drug-likeness (QED) is 0.752. The molecule has 5 nitrogen and oxygen atoms in total. The lowest BCUT2D eigenvalue weighted by atomic mass is 10.3. The predicted molar refractivity (Wildman–Crippen MR) is 93.6 cm³/mol. The summed E-state index contributed by atoms with van der Waals surface area (Å²) < 4.78 is 23.7. The van der Waals surface area contributed by atoms with Crippen LogP contribution in [0.3, 0.4) is 0 Å². The molecular formula is C16H24N2O3S2. The number of hydrogen-bond donors (Lipinski definition) is 0. The molecule has 1 amide bonds. The van der Waals surface area contributed by atoms with Crippen molar-refractivity contribution in [3.05, 3.63) is 24.3 Å². The fourth-order valence-electron chi connectivity index (χ4n) is 2.64. The van der Waals surface area contributed by atoms with Crippen molar-refractivity contribution in [2.75, 3.05) is 39.0 Å². The Morgan fingerprint density at radius 2 is 1.83 bits per heavy atom. The number of nitrogens with zero attached hydrogens (tertiary/aromatic N) is 2. The molecule has 1 fully saturated rings. The molecule has 1 atom stereocenters. The Morgan fingerprint density at radius 3 is 2.39 bits per heavy atom. The predicted octanol–water partition coefficient (Wildman–Crippen LogP) is 1.73. The highest BCUT2D eigenvalue weighted by atomic mass is 32.2. The zero-order valence-corrected chi connectivity index (χ0v) is 15.5. The van der Waals surface area contributed by atoms with E-state index in [4.69, 9.17) is 0 Å². The largest absolute Gasteiger partial charge is 0.339 e. The van der Waals surface area contributed by atoms with E-state index >= 15 is 0 Å². The Balaban J connectivity index is 2.05. The van der Waals surface area contributed by atoms with Gasteiger partial charge in [-0.3, -0.25) is 4.79 Å². The van der Waals surface area contributed by atoms with Crippen LogP contribution in [0.25, 0.3) is 0 Å². The molecule has 0 aromatic heterocycles. The summed E-state index contributed by atoms with van der Waals surface area (Å²) in [6.45, 7) is 8.26. The van der Waals surface area contributed by atoms with Crippen LogP contribution in [0, 0.1) is 0 Å². The van der Waals surface area contributed by atoms with Gasteiger partial charge in [0.15, 0.2) is 9.84 Å². The van der Waals surface area contributed by atoms with Crippen LogP contribution in [0.1, 0.15) is 13.8 Å². The van der Waals surface area contributed by atoms with Gasteiger partial charge in [-0.15, -0.1) is 11.8 Å². The number of hydrogen-bond acceptors (Lipinski definition) is 5. The van der Waals surface area contributed by atoms with E-state index < -0.39 is 9.84 Å². The molecule has 0 bridgehead atoms. The second kappa shape index (κ2) is 7.68. The highest BCUT2D eigenvalue weighted by molar-refractivity contribution is 8.01. The molecule has 0 spiro atoms. The maximum atomic E-state index is 12.6. The molecule has 1 saturated heterocycles. The number of sulfone groups is 1. The normalized spacial score (nSPS) is 18.0. The van der Waals surface area contributed by atoms with Crippen LogP contribution in [-0.2, 0) is 14.6 Å². The number of piperazine rings is 1. The average molecular weight is 357 g/mol. The maximum Gasteiger partial charge on any atom is 0.235 e. The van der Waals surface area contributed by atoms with Gasteiger partial charge in [0.2, 0.25) is 5.91 Å². The first kappa shape index (κ1) is 18.3. The molecule has 1 aliphatic heterocycles. The Bertz CT molecular complexity index is 653. The maximum absolute atomic E-state index is 12.6. The smallest absolute Gasteiger partial charge is 0.235 e. The molecule has 2 rings (SSSR count). The summed E-state index contributed by atoms with van der Waals surface area (Å²) in [4.78, 5) is 17.7. The van der Waals surface area contributed by atoms with Gasteiger partial charge in [0, 0.05) is 37.3 Å². The number of likely N-dealkylation sites (N-methyl/N-ethyl adjacent to an activating group) is 1. The summed E-state index contributed by atoms with van der Waals surface area (Å²) in [5.74, 6) is 0.0778. The lowest BCUT2D eigenvalue weighted by molar-refractivity contribution is -0.132. The highest BCUT2D eigenvalue weighted by Gasteiger charge is 2.26. The van der Waals surface area contributed by atoms with Gasteiger partial charge in [0.25, 0.3) is 0 Å². The third-order valence-corrected chi connectivity index (χ3v) is 6.48. The van der Waals surface area contributed by atoms with Crippen molar-refractivity contribution in [1.29, 1.82) is 0 Å². The van der Waals surface area contributed by atoms with E-state index in [-0.39, 0.29) is 11.2 Å². The number of carbonyl (C=O) groups excluding carboxylic acids is 1. The summed E-state index contributed by atoms with van der Waals surface area (Å²) in [6.07, 6.45) is 1.20. The molecule has 23 heavy (non-hydrogen) atoms. The molecule has 0 aliphatic carbocycles. The van der Waals surface area contributed by atoms with Crippen LogP contribution >= 0.6 is 11.8 Å². The van der Waals surface area contributed by atoms with Gasteiger partial charge >= 0.3 is 0 Å². The first-order chi connectivity index (χ1) is 10.8. The summed E-state index contributed by atoms with van der Waals surface area (Å²) in [5, 5.41) is -0.300. The van der Waals surface area contributed by atoms with E-state index in [9.17, 15) is 13.2 Å². The van der Waals surface area contributed by atoms with E-state index in [1.165, 1.54) is 18.0 Å². The molecule has 1 aliphatic rings. The van der Waals surface area contributed by atoms with Crippen molar-refractivity contribution in [3.8, 4) is 0 Å². The standard InChI is InChI=1S/C16H24N2O3S2/c1-4-17-9-11-18(12-10-17)16(19)13(2)22-14-7-5-6-8-15(14)23(3,20)21/h5-8,13H,4,9-12H2,1-3H3. The van der Waals surface area contributed by atoms with Gasteiger partial charge in [-0.1, -0.05) is 19.1 Å². The third-order valence-electron chi connectivity index (χ3n) is 4.03. The zero-order valence-electron chi connectivity index (χ0n) is 13.9. The highest BCUT2D eigenvalue weighted by Crippen LogP contribution is 2.30. The van der Waals surface area contributed by atoms with Crippen molar-refractivity contribution in [3.63, 3.8) is 0 Å². The van der Waals surface area contributed by atoms with Gasteiger partial charge in [-0.2, -0.15) is 0 Å². The Morgan fingerprint density at radius 1 is 1.22 bits per heavy atom. The monoisotopic (exact) mass is 356 g/mol. The van der Waals surface area contributed by atoms with Crippen LogP contribution in [0.15, 0.2) is 34.1 Å². The minimum Gasteiger partial charge on any atom is -0.339 e. The minimum atomic E-state index is -3.29. The van der Waals surface area contributed by atoms with Crippen molar-refractivity contribution in [1.82, 2.24) is 9.80 Å². The third kappa shape index (κ3) is 4.71. The zero-order chi connectivity index (χ0) is 17.0. The van der Waals surface area contributed by atoms with E-state index in [1.54, 1.807) is 24.3 Å². The van der Waals surface area contributed by atoms with E-state index in [0.717, 1.165) is 32.7 Å². The molecule has 7 heteroatoms. The van der Waals surface area contributed by atoms with Gasteiger partial charge in [-0.25, -0.2) is 8.42 Å². The number of rotatable bonds is 5. The van der Waals surface area contributed by atoms with Crippen molar-refractivity contribution < 1.29 is 13.2 Å². The SMILES string of the molecule is CCN1CCN(C(=O)C(C)Sc2ccccc2S(C)(=O)=O)CC1. The summed E-state index contributed by atoms with van der Waals surface area (Å²) in [7, 11) is -3.29. The van der Waals surface area contributed by atoms with Crippen LogP contribution in [-0.4, -0.2) is 68.4 Å². The average Bonchev–Trinajstić information content (AvgIpc) is 2.53. The Hall–Kier alpha value is -1.05. The Labute approximate surface area is 143 Å². The lowest BCUT2D eigenvalue weighted by Gasteiger charge is -2.35. The first-order valence-corrected chi connectivity index (χ1v) is 10.6. The molecule has 1 aromatic carbocycles. The van der Waals surface area contributed by atoms with Crippen molar-refractivity contribution in [2.24, 2.45) is 0 Å². The number of carbonyl (C=O) groups is 1. The fourth-order valence-corrected chi connectivity index (χ4v) is 4.97. The fraction of sp³-hybridized carbons (Fsp3) is 0.562. The number of thioether (sulfide) groups is 1. The number of amides is 1. The molecule has 0 radical (unpaired) electrons. The summed E-state index contributed by atoms with van der Waals surface area (Å²) in [5.41, 5.74) is 0. The Kier molecular flexibility index (Phi) is 6.11. The van der Waals surface area contributed by atoms with Crippen LogP contribution in [0.4, 0.5) is 0 Å². The van der Waals surface area contributed by atoms with E-state index in [0.29, 0.717) is 9.79 Å². The second-order valence-corrected chi connectivity index (χ2v) is 9.11. The topological polar surface area (TPSA) is 57.7 Å². The molecule has 0 saturated carbocycles. The van der Waals surface area contributed by atoms with Crippen LogP contribution in [0.2, 0.25) is 0 Å². The molecule has 1 heterocycles. The van der Waals surface area contributed by atoms with Gasteiger partial charge in [-0.05, 0) is 25.6 Å².